The molecule has 1 amide bonds. The number of aryl methyl sites for hydroxylation is 1. The Hall–Kier alpha value is -2.10. The van der Waals surface area contributed by atoms with Gasteiger partial charge < -0.3 is 10.0 Å². The fourth-order valence-corrected chi connectivity index (χ4v) is 2.07. The quantitative estimate of drug-likeness (QED) is 0.561. The van der Waals surface area contributed by atoms with Crippen LogP contribution < -0.4 is 0 Å². The van der Waals surface area contributed by atoms with Crippen LogP contribution in [0.25, 0.3) is 6.08 Å². The summed E-state index contributed by atoms with van der Waals surface area (Å²) in [7, 11) is 0. The average molecular weight is 303 g/mol. The zero-order chi connectivity index (χ0) is 16.4. The van der Waals surface area contributed by atoms with E-state index in [1.54, 1.807) is 11.0 Å². The van der Waals surface area contributed by atoms with E-state index >= 15 is 0 Å². The minimum absolute atomic E-state index is 0.0176. The Balaban J connectivity index is 2.63. The van der Waals surface area contributed by atoms with Gasteiger partial charge >= 0.3 is 5.97 Å². The maximum atomic E-state index is 12.2. The zero-order valence-corrected chi connectivity index (χ0v) is 13.4. The summed E-state index contributed by atoms with van der Waals surface area (Å²) in [6, 6.07) is 7.90. The van der Waals surface area contributed by atoms with Crippen molar-refractivity contribution < 1.29 is 14.7 Å². The first-order valence-corrected chi connectivity index (χ1v) is 7.78. The van der Waals surface area contributed by atoms with Gasteiger partial charge in [-0.2, -0.15) is 0 Å². The van der Waals surface area contributed by atoms with Crippen LogP contribution in [0.4, 0.5) is 0 Å². The standard InChI is InChI=1S/C18H25NO3/c1-3-4-5-13-19(14-12-18(21)22)17(20)11-10-16-8-6-15(2)7-9-16/h6-11H,3-5,12-14H2,1-2H3,(H,21,22)/b11-10+. The van der Waals surface area contributed by atoms with Gasteiger partial charge in [0.15, 0.2) is 0 Å². The molecule has 0 atom stereocenters. The third-order valence-electron chi connectivity index (χ3n) is 3.43. The van der Waals surface area contributed by atoms with E-state index in [2.05, 4.69) is 6.92 Å². The number of carboxylic acid groups (broad SMARTS) is 1. The van der Waals surface area contributed by atoms with Crippen molar-refractivity contribution in [3.8, 4) is 0 Å². The van der Waals surface area contributed by atoms with Gasteiger partial charge in [-0.15, -0.1) is 0 Å². The van der Waals surface area contributed by atoms with Gasteiger partial charge in [0.05, 0.1) is 6.42 Å². The molecule has 0 bridgehead atoms. The summed E-state index contributed by atoms with van der Waals surface area (Å²) < 4.78 is 0. The Morgan fingerprint density at radius 1 is 1.14 bits per heavy atom. The number of hydrogen-bond donors (Lipinski definition) is 1. The topological polar surface area (TPSA) is 57.6 Å². The molecule has 1 N–H and O–H groups in total. The van der Waals surface area contributed by atoms with Gasteiger partial charge in [-0.05, 0) is 25.0 Å². The van der Waals surface area contributed by atoms with Crippen molar-refractivity contribution in [3.63, 3.8) is 0 Å². The van der Waals surface area contributed by atoms with Crippen LogP contribution in [0.5, 0.6) is 0 Å². The summed E-state index contributed by atoms with van der Waals surface area (Å²) in [5.74, 6) is -1.01. The molecule has 1 rings (SSSR count). The summed E-state index contributed by atoms with van der Waals surface area (Å²) in [5, 5.41) is 8.79. The van der Waals surface area contributed by atoms with Crippen LogP contribution in [0, 0.1) is 6.92 Å². The number of carboxylic acids is 1. The molecule has 120 valence electrons. The number of rotatable bonds is 9. The van der Waals surface area contributed by atoms with E-state index in [1.165, 1.54) is 11.6 Å². The van der Waals surface area contributed by atoms with Gasteiger partial charge in [0.1, 0.15) is 0 Å². The molecule has 0 spiro atoms. The summed E-state index contributed by atoms with van der Waals surface area (Å²) in [4.78, 5) is 24.6. The van der Waals surface area contributed by atoms with Gasteiger partial charge in [0, 0.05) is 19.2 Å². The molecule has 0 aliphatic heterocycles. The predicted octanol–water partition coefficient (Wildman–Crippen LogP) is 3.50. The van der Waals surface area contributed by atoms with Crippen molar-refractivity contribution in [2.45, 2.75) is 39.5 Å². The van der Waals surface area contributed by atoms with Gasteiger partial charge in [0.25, 0.3) is 0 Å². The minimum Gasteiger partial charge on any atom is -0.481 e. The Bertz CT molecular complexity index is 506. The number of carbonyl (C=O) groups excluding carboxylic acids is 1. The first-order chi connectivity index (χ1) is 10.5. The molecule has 0 aliphatic carbocycles. The fraction of sp³-hybridized carbons (Fsp3) is 0.444. The number of amides is 1. The smallest absolute Gasteiger partial charge is 0.305 e. The molecule has 0 saturated heterocycles. The zero-order valence-electron chi connectivity index (χ0n) is 13.4. The highest BCUT2D eigenvalue weighted by molar-refractivity contribution is 5.92. The second kappa shape index (κ2) is 9.77. The first kappa shape index (κ1) is 18.0. The van der Waals surface area contributed by atoms with E-state index < -0.39 is 5.97 Å². The largest absolute Gasteiger partial charge is 0.481 e. The Morgan fingerprint density at radius 3 is 2.41 bits per heavy atom. The van der Waals surface area contributed by atoms with Crippen LogP contribution in [-0.2, 0) is 9.59 Å². The predicted molar refractivity (Wildman–Crippen MR) is 88.6 cm³/mol. The minimum atomic E-state index is -0.879. The van der Waals surface area contributed by atoms with Crippen molar-refractivity contribution in [1.29, 1.82) is 0 Å². The molecule has 0 fully saturated rings. The van der Waals surface area contributed by atoms with Crippen LogP contribution in [0.2, 0.25) is 0 Å². The van der Waals surface area contributed by atoms with Crippen molar-refractivity contribution in [1.82, 2.24) is 4.90 Å². The maximum Gasteiger partial charge on any atom is 0.305 e. The Labute approximate surface area is 132 Å². The van der Waals surface area contributed by atoms with Crippen molar-refractivity contribution in [2.24, 2.45) is 0 Å². The normalized spacial score (nSPS) is 10.8. The van der Waals surface area contributed by atoms with Gasteiger partial charge in [-0.3, -0.25) is 9.59 Å². The summed E-state index contributed by atoms with van der Waals surface area (Å²) >= 11 is 0. The maximum absolute atomic E-state index is 12.2. The molecule has 0 unspecified atom stereocenters. The average Bonchev–Trinajstić information content (AvgIpc) is 2.49. The van der Waals surface area contributed by atoms with Gasteiger partial charge in [-0.1, -0.05) is 49.6 Å². The van der Waals surface area contributed by atoms with Crippen LogP contribution >= 0.6 is 0 Å². The number of unbranched alkanes of at least 4 members (excludes halogenated alkanes) is 2. The van der Waals surface area contributed by atoms with Crippen molar-refractivity contribution >= 4 is 18.0 Å². The van der Waals surface area contributed by atoms with Crippen LogP contribution in [0.1, 0.15) is 43.7 Å². The molecule has 1 aromatic carbocycles. The highest BCUT2D eigenvalue weighted by Crippen LogP contribution is 2.07. The van der Waals surface area contributed by atoms with Crippen LogP contribution in [-0.4, -0.2) is 35.0 Å². The Kier molecular flexibility index (Phi) is 7.97. The van der Waals surface area contributed by atoms with Gasteiger partial charge in [0.2, 0.25) is 5.91 Å². The lowest BCUT2D eigenvalue weighted by molar-refractivity contribution is -0.138. The lowest BCUT2D eigenvalue weighted by Crippen LogP contribution is -2.32. The molecule has 0 aromatic heterocycles. The van der Waals surface area contributed by atoms with E-state index in [0.717, 1.165) is 24.8 Å². The van der Waals surface area contributed by atoms with E-state index in [9.17, 15) is 9.59 Å². The second-order valence-electron chi connectivity index (χ2n) is 5.42. The molecular formula is C18H25NO3. The monoisotopic (exact) mass is 303 g/mol. The molecule has 4 heteroatoms. The highest BCUT2D eigenvalue weighted by Gasteiger charge is 2.11. The number of nitrogens with zero attached hydrogens (tertiary/aromatic N) is 1. The second-order valence-corrected chi connectivity index (χ2v) is 5.42. The lowest BCUT2D eigenvalue weighted by atomic mass is 10.1. The van der Waals surface area contributed by atoms with E-state index in [0.29, 0.717) is 6.54 Å². The molecule has 0 radical (unpaired) electrons. The lowest BCUT2D eigenvalue weighted by Gasteiger charge is -2.20. The number of benzene rings is 1. The molecule has 1 aromatic rings. The number of carbonyl (C=O) groups is 2. The van der Waals surface area contributed by atoms with Crippen molar-refractivity contribution in [2.75, 3.05) is 13.1 Å². The Morgan fingerprint density at radius 2 is 1.82 bits per heavy atom. The molecule has 0 heterocycles. The number of aliphatic carboxylic acids is 1. The molecular weight excluding hydrogens is 278 g/mol. The SMILES string of the molecule is CCCCCN(CCC(=O)O)C(=O)/C=C/c1ccc(C)cc1. The van der Waals surface area contributed by atoms with Crippen LogP contribution in [0.3, 0.4) is 0 Å². The summed E-state index contributed by atoms with van der Waals surface area (Å²) in [5.41, 5.74) is 2.14. The molecule has 22 heavy (non-hydrogen) atoms. The van der Waals surface area contributed by atoms with Gasteiger partial charge in [-0.25, -0.2) is 0 Å². The highest BCUT2D eigenvalue weighted by atomic mass is 16.4. The van der Waals surface area contributed by atoms with E-state index in [4.69, 9.17) is 5.11 Å². The molecule has 0 saturated carbocycles. The molecule has 4 nitrogen and oxygen atoms in total. The summed E-state index contributed by atoms with van der Waals surface area (Å²) in [6.45, 7) is 4.98. The summed E-state index contributed by atoms with van der Waals surface area (Å²) in [6.07, 6.45) is 6.29. The van der Waals surface area contributed by atoms with E-state index in [1.807, 2.05) is 31.2 Å². The third kappa shape index (κ3) is 7.07. The first-order valence-electron chi connectivity index (χ1n) is 7.78. The molecule has 0 aliphatic rings. The third-order valence-corrected chi connectivity index (χ3v) is 3.43. The van der Waals surface area contributed by atoms with E-state index in [-0.39, 0.29) is 18.9 Å². The number of hydrogen-bond acceptors (Lipinski definition) is 2. The van der Waals surface area contributed by atoms with Crippen LogP contribution in [0.15, 0.2) is 30.3 Å². The van der Waals surface area contributed by atoms with Crippen molar-refractivity contribution in [3.05, 3.63) is 41.5 Å². The fourth-order valence-electron chi connectivity index (χ4n) is 2.07.